The fourth-order valence-electron chi connectivity index (χ4n) is 2.87. The minimum Gasteiger partial charge on any atom is -0.480 e. The van der Waals surface area contributed by atoms with Crippen LogP contribution in [-0.2, 0) is 14.3 Å². The minimum absolute atomic E-state index is 0.154. The van der Waals surface area contributed by atoms with Crippen molar-refractivity contribution < 1.29 is 19.4 Å². The number of carboxylic acid groups (broad SMARTS) is 1. The van der Waals surface area contributed by atoms with E-state index < -0.39 is 11.5 Å². The molecule has 0 heterocycles. The van der Waals surface area contributed by atoms with Gasteiger partial charge in [0.25, 0.3) is 0 Å². The molecule has 2 N–H and O–H groups in total. The summed E-state index contributed by atoms with van der Waals surface area (Å²) in [6, 6.07) is 0.154. The zero-order valence-electron chi connectivity index (χ0n) is 13.7. The highest BCUT2D eigenvalue weighted by Crippen LogP contribution is 2.40. The molecule has 0 saturated heterocycles. The van der Waals surface area contributed by atoms with Crippen LogP contribution in [0, 0.1) is 5.92 Å². The van der Waals surface area contributed by atoms with Crippen molar-refractivity contribution in [3.8, 4) is 0 Å². The molecule has 2 atom stereocenters. The number of ether oxygens (including phenoxy) is 2. The van der Waals surface area contributed by atoms with E-state index in [2.05, 4.69) is 17.1 Å². The quantitative estimate of drug-likeness (QED) is 0.556. The van der Waals surface area contributed by atoms with Gasteiger partial charge in [0, 0.05) is 33.4 Å². The average Bonchev–Trinajstić information content (AvgIpc) is 3.27. The fraction of sp³-hybridized carbons (Fsp3) is 0.933. The van der Waals surface area contributed by atoms with Gasteiger partial charge in [-0.05, 0) is 32.2 Å². The summed E-state index contributed by atoms with van der Waals surface area (Å²) in [6.45, 7) is 7.02. The number of carboxylic acids is 1. The predicted octanol–water partition coefficient (Wildman–Crippen LogP) is 0.813. The Morgan fingerprint density at radius 1 is 1.43 bits per heavy atom. The number of methoxy groups -OCH3 is 2. The largest absolute Gasteiger partial charge is 0.480 e. The second-order valence-electron chi connectivity index (χ2n) is 5.85. The first-order valence-electron chi connectivity index (χ1n) is 7.72. The number of hydrogen-bond acceptors (Lipinski definition) is 5. The third-order valence-electron chi connectivity index (χ3n) is 4.21. The van der Waals surface area contributed by atoms with Crippen molar-refractivity contribution in [1.82, 2.24) is 10.2 Å². The summed E-state index contributed by atoms with van der Waals surface area (Å²) in [4.78, 5) is 14.1. The van der Waals surface area contributed by atoms with E-state index >= 15 is 0 Å². The molecule has 1 fully saturated rings. The van der Waals surface area contributed by atoms with Crippen molar-refractivity contribution in [2.75, 3.05) is 47.1 Å². The summed E-state index contributed by atoms with van der Waals surface area (Å²) in [7, 11) is 3.33. The zero-order valence-corrected chi connectivity index (χ0v) is 13.7. The topological polar surface area (TPSA) is 71.0 Å². The molecule has 124 valence electrons. The molecule has 1 rings (SSSR count). The van der Waals surface area contributed by atoms with Gasteiger partial charge in [0.1, 0.15) is 5.54 Å². The van der Waals surface area contributed by atoms with Crippen LogP contribution in [0.4, 0.5) is 0 Å². The number of nitrogens with one attached hydrogen (secondary N) is 1. The van der Waals surface area contributed by atoms with Crippen LogP contribution in [0.25, 0.3) is 0 Å². The molecule has 0 radical (unpaired) electrons. The SMILES string of the molecule is CCNC(CN(CCOC)C(C)COC)(C(=O)O)C1CC1. The van der Waals surface area contributed by atoms with Crippen LogP contribution in [0.15, 0.2) is 0 Å². The first kappa shape index (κ1) is 18.4. The van der Waals surface area contributed by atoms with Crippen LogP contribution < -0.4 is 5.32 Å². The molecule has 0 aliphatic heterocycles. The number of rotatable bonds is 12. The second kappa shape index (κ2) is 8.68. The maximum absolute atomic E-state index is 11.9. The number of nitrogens with zero attached hydrogens (tertiary/aromatic N) is 1. The molecule has 0 bridgehead atoms. The van der Waals surface area contributed by atoms with Gasteiger partial charge in [-0.2, -0.15) is 0 Å². The lowest BCUT2D eigenvalue weighted by Gasteiger charge is -2.38. The van der Waals surface area contributed by atoms with E-state index in [1.54, 1.807) is 14.2 Å². The predicted molar refractivity (Wildman–Crippen MR) is 81.6 cm³/mol. The van der Waals surface area contributed by atoms with Gasteiger partial charge < -0.3 is 19.9 Å². The molecule has 0 amide bonds. The Bertz CT molecular complexity index is 323. The summed E-state index contributed by atoms with van der Waals surface area (Å²) >= 11 is 0. The minimum atomic E-state index is -0.857. The third-order valence-corrected chi connectivity index (χ3v) is 4.21. The molecule has 0 aromatic heterocycles. The summed E-state index contributed by atoms with van der Waals surface area (Å²) in [5, 5.41) is 13.0. The molecule has 1 aliphatic carbocycles. The zero-order chi connectivity index (χ0) is 15.9. The van der Waals surface area contributed by atoms with E-state index in [1.807, 2.05) is 6.92 Å². The van der Waals surface area contributed by atoms with Crippen molar-refractivity contribution in [2.24, 2.45) is 5.92 Å². The summed E-state index contributed by atoms with van der Waals surface area (Å²) in [5.41, 5.74) is -0.857. The van der Waals surface area contributed by atoms with Crippen molar-refractivity contribution in [3.63, 3.8) is 0 Å². The fourth-order valence-corrected chi connectivity index (χ4v) is 2.87. The number of carbonyl (C=O) groups is 1. The highest BCUT2D eigenvalue weighted by atomic mass is 16.5. The number of likely N-dealkylation sites (N-methyl/N-ethyl adjacent to an activating group) is 1. The highest BCUT2D eigenvalue weighted by Gasteiger charge is 2.51. The standard InChI is InChI=1S/C15H30N2O4/c1-5-16-15(14(18)19,13-6-7-13)11-17(8-9-20-3)12(2)10-21-4/h12-13,16H,5-11H2,1-4H3,(H,18,19). The highest BCUT2D eigenvalue weighted by molar-refractivity contribution is 5.80. The van der Waals surface area contributed by atoms with Crippen LogP contribution in [0.5, 0.6) is 0 Å². The molecular weight excluding hydrogens is 272 g/mol. The van der Waals surface area contributed by atoms with Gasteiger partial charge >= 0.3 is 5.97 Å². The molecule has 0 aromatic rings. The molecule has 2 unspecified atom stereocenters. The van der Waals surface area contributed by atoms with E-state index in [4.69, 9.17) is 9.47 Å². The first-order valence-corrected chi connectivity index (χ1v) is 7.72. The molecule has 0 aromatic carbocycles. The van der Waals surface area contributed by atoms with Gasteiger partial charge in [0.05, 0.1) is 13.2 Å². The van der Waals surface area contributed by atoms with Gasteiger partial charge in [-0.3, -0.25) is 9.69 Å². The Morgan fingerprint density at radius 3 is 2.52 bits per heavy atom. The Balaban J connectivity index is 2.85. The molecule has 0 spiro atoms. The van der Waals surface area contributed by atoms with Crippen molar-refractivity contribution >= 4 is 5.97 Å². The first-order chi connectivity index (χ1) is 10.0. The van der Waals surface area contributed by atoms with Gasteiger partial charge in [0.2, 0.25) is 0 Å². The van der Waals surface area contributed by atoms with Crippen LogP contribution >= 0.6 is 0 Å². The third kappa shape index (κ3) is 4.92. The van der Waals surface area contributed by atoms with Crippen LogP contribution in [-0.4, -0.2) is 74.6 Å². The van der Waals surface area contributed by atoms with Crippen molar-refractivity contribution in [3.05, 3.63) is 0 Å². The normalized spacial score (nSPS) is 19.5. The Labute approximate surface area is 127 Å². The summed E-state index contributed by atoms with van der Waals surface area (Å²) in [6.07, 6.45) is 1.96. The molecule has 6 nitrogen and oxygen atoms in total. The van der Waals surface area contributed by atoms with Crippen LogP contribution in [0.2, 0.25) is 0 Å². The van der Waals surface area contributed by atoms with Crippen LogP contribution in [0.1, 0.15) is 26.7 Å². The van der Waals surface area contributed by atoms with E-state index in [0.29, 0.717) is 32.8 Å². The van der Waals surface area contributed by atoms with E-state index in [9.17, 15) is 9.90 Å². The maximum Gasteiger partial charge on any atom is 0.325 e. The van der Waals surface area contributed by atoms with Gasteiger partial charge in [0.15, 0.2) is 0 Å². The lowest BCUT2D eigenvalue weighted by molar-refractivity contribution is -0.147. The Hall–Kier alpha value is -0.690. The van der Waals surface area contributed by atoms with Gasteiger partial charge in [-0.15, -0.1) is 0 Å². The molecular formula is C15H30N2O4. The monoisotopic (exact) mass is 302 g/mol. The smallest absolute Gasteiger partial charge is 0.325 e. The van der Waals surface area contributed by atoms with E-state index in [0.717, 1.165) is 12.8 Å². The molecule has 1 aliphatic rings. The lowest BCUT2D eigenvalue weighted by atomic mass is 9.91. The van der Waals surface area contributed by atoms with Crippen molar-refractivity contribution in [2.45, 2.75) is 38.3 Å². The summed E-state index contributed by atoms with van der Waals surface area (Å²) < 4.78 is 10.4. The van der Waals surface area contributed by atoms with Gasteiger partial charge in [-0.25, -0.2) is 0 Å². The maximum atomic E-state index is 11.9. The van der Waals surface area contributed by atoms with E-state index in [1.165, 1.54) is 0 Å². The lowest BCUT2D eigenvalue weighted by Crippen LogP contribution is -2.62. The summed E-state index contributed by atoms with van der Waals surface area (Å²) in [5.74, 6) is -0.534. The number of aliphatic carboxylic acids is 1. The van der Waals surface area contributed by atoms with Gasteiger partial charge in [-0.1, -0.05) is 6.92 Å². The molecule has 6 heteroatoms. The molecule has 1 saturated carbocycles. The van der Waals surface area contributed by atoms with E-state index in [-0.39, 0.29) is 12.0 Å². The van der Waals surface area contributed by atoms with Crippen molar-refractivity contribution in [1.29, 1.82) is 0 Å². The van der Waals surface area contributed by atoms with Crippen LogP contribution in [0.3, 0.4) is 0 Å². The second-order valence-corrected chi connectivity index (χ2v) is 5.85. The Kier molecular flexibility index (Phi) is 7.59. The molecule has 21 heavy (non-hydrogen) atoms. The average molecular weight is 302 g/mol. The Morgan fingerprint density at radius 2 is 2.10 bits per heavy atom. The number of hydrogen-bond donors (Lipinski definition) is 2.